The Balaban J connectivity index is 1.93. The van der Waals surface area contributed by atoms with Crippen molar-refractivity contribution in [3.63, 3.8) is 0 Å². The van der Waals surface area contributed by atoms with Gasteiger partial charge in [0.2, 0.25) is 0 Å². The van der Waals surface area contributed by atoms with Crippen LogP contribution in [0.25, 0.3) is 11.0 Å². The van der Waals surface area contributed by atoms with Gasteiger partial charge in [0.25, 0.3) is 0 Å². The SMILES string of the molecule is Cc1cc(=O)oc2cc3c(cc12)Sc1ccc(Cl)cc1N3. The summed E-state index contributed by atoms with van der Waals surface area (Å²) in [6, 6.07) is 11.2. The van der Waals surface area contributed by atoms with Gasteiger partial charge in [0, 0.05) is 32.3 Å². The van der Waals surface area contributed by atoms with Crippen LogP contribution in [0.5, 0.6) is 0 Å². The fraction of sp³-hybridized carbons (Fsp3) is 0.0625. The summed E-state index contributed by atoms with van der Waals surface area (Å²) in [5.41, 5.74) is 3.08. The standard InChI is InChI=1S/C16H10ClNO2S/c1-8-4-16(19)20-13-7-12-15(6-10(8)13)21-14-3-2-9(17)5-11(14)18-12/h2-7,18H,1H3. The molecule has 3 nitrogen and oxygen atoms in total. The van der Waals surface area contributed by atoms with E-state index >= 15 is 0 Å². The Labute approximate surface area is 129 Å². The lowest BCUT2D eigenvalue weighted by Gasteiger charge is -2.21. The fourth-order valence-corrected chi connectivity index (χ4v) is 3.64. The van der Waals surface area contributed by atoms with E-state index in [1.165, 1.54) is 6.07 Å². The zero-order chi connectivity index (χ0) is 14.6. The summed E-state index contributed by atoms with van der Waals surface area (Å²) in [6.45, 7) is 1.92. The summed E-state index contributed by atoms with van der Waals surface area (Å²) in [7, 11) is 0. The molecule has 1 N–H and O–H groups in total. The van der Waals surface area contributed by atoms with E-state index in [2.05, 4.69) is 11.4 Å². The average molecular weight is 316 g/mol. The first-order chi connectivity index (χ1) is 10.1. The molecule has 3 aromatic rings. The maximum Gasteiger partial charge on any atom is 0.336 e. The predicted octanol–water partition coefficient (Wildman–Crippen LogP) is 4.96. The molecule has 1 aliphatic heterocycles. The van der Waals surface area contributed by atoms with Crippen molar-refractivity contribution in [2.45, 2.75) is 16.7 Å². The van der Waals surface area contributed by atoms with Gasteiger partial charge in [-0.25, -0.2) is 4.79 Å². The van der Waals surface area contributed by atoms with Crippen LogP contribution in [-0.4, -0.2) is 0 Å². The van der Waals surface area contributed by atoms with Gasteiger partial charge in [-0.15, -0.1) is 0 Å². The molecule has 2 heterocycles. The highest BCUT2D eigenvalue weighted by molar-refractivity contribution is 7.99. The summed E-state index contributed by atoms with van der Waals surface area (Å²) >= 11 is 7.71. The summed E-state index contributed by atoms with van der Waals surface area (Å²) in [5.74, 6) is 0. The van der Waals surface area contributed by atoms with Crippen molar-refractivity contribution >= 4 is 45.7 Å². The van der Waals surface area contributed by atoms with E-state index in [1.54, 1.807) is 11.8 Å². The van der Waals surface area contributed by atoms with Gasteiger partial charge in [0.05, 0.1) is 11.4 Å². The third kappa shape index (κ3) is 2.11. The molecule has 21 heavy (non-hydrogen) atoms. The highest BCUT2D eigenvalue weighted by Crippen LogP contribution is 2.46. The molecule has 0 saturated carbocycles. The van der Waals surface area contributed by atoms with Gasteiger partial charge in [-0.05, 0) is 36.8 Å². The third-order valence-electron chi connectivity index (χ3n) is 3.48. The second kappa shape index (κ2) is 4.55. The summed E-state index contributed by atoms with van der Waals surface area (Å²) in [5, 5.41) is 4.99. The lowest BCUT2D eigenvalue weighted by molar-refractivity contribution is 0.560. The van der Waals surface area contributed by atoms with Crippen LogP contribution in [0.15, 0.2) is 55.4 Å². The van der Waals surface area contributed by atoms with Crippen molar-refractivity contribution in [3.8, 4) is 0 Å². The number of hydrogen-bond donors (Lipinski definition) is 1. The molecule has 0 unspecified atom stereocenters. The van der Waals surface area contributed by atoms with Crippen molar-refractivity contribution in [1.82, 2.24) is 0 Å². The molecule has 1 aliphatic rings. The molecule has 0 spiro atoms. The van der Waals surface area contributed by atoms with Crippen LogP contribution in [0.4, 0.5) is 11.4 Å². The molecule has 0 amide bonds. The van der Waals surface area contributed by atoms with Crippen molar-refractivity contribution in [2.24, 2.45) is 0 Å². The van der Waals surface area contributed by atoms with Gasteiger partial charge in [-0.3, -0.25) is 0 Å². The quantitative estimate of drug-likeness (QED) is 0.466. The molecule has 1 aromatic heterocycles. The topological polar surface area (TPSA) is 42.2 Å². The number of hydrogen-bond acceptors (Lipinski definition) is 4. The molecule has 0 saturated heterocycles. The minimum absolute atomic E-state index is 0.327. The molecule has 0 atom stereocenters. The zero-order valence-electron chi connectivity index (χ0n) is 11.1. The molecular weight excluding hydrogens is 306 g/mol. The maximum absolute atomic E-state index is 11.5. The smallest absolute Gasteiger partial charge is 0.336 e. The first-order valence-corrected chi connectivity index (χ1v) is 7.62. The van der Waals surface area contributed by atoms with Gasteiger partial charge in [0.1, 0.15) is 5.58 Å². The van der Waals surface area contributed by atoms with Crippen molar-refractivity contribution in [1.29, 1.82) is 0 Å². The largest absolute Gasteiger partial charge is 0.423 e. The average Bonchev–Trinajstić information content (AvgIpc) is 2.43. The van der Waals surface area contributed by atoms with Crippen LogP contribution < -0.4 is 10.9 Å². The number of benzene rings is 2. The maximum atomic E-state index is 11.5. The minimum atomic E-state index is -0.327. The number of nitrogens with one attached hydrogen (secondary N) is 1. The van der Waals surface area contributed by atoms with Crippen molar-refractivity contribution in [3.05, 3.63) is 57.4 Å². The van der Waals surface area contributed by atoms with E-state index in [-0.39, 0.29) is 5.63 Å². The molecule has 5 heteroatoms. The van der Waals surface area contributed by atoms with E-state index < -0.39 is 0 Å². The zero-order valence-corrected chi connectivity index (χ0v) is 12.6. The van der Waals surface area contributed by atoms with Gasteiger partial charge >= 0.3 is 5.63 Å². The van der Waals surface area contributed by atoms with Crippen LogP contribution in [0.3, 0.4) is 0 Å². The van der Waals surface area contributed by atoms with E-state index in [9.17, 15) is 4.79 Å². The molecule has 0 fully saturated rings. The molecule has 0 bridgehead atoms. The van der Waals surface area contributed by atoms with Crippen molar-refractivity contribution in [2.75, 3.05) is 5.32 Å². The lowest BCUT2D eigenvalue weighted by Crippen LogP contribution is -2.02. The summed E-state index contributed by atoms with van der Waals surface area (Å²) in [4.78, 5) is 13.7. The summed E-state index contributed by atoms with van der Waals surface area (Å²) < 4.78 is 5.29. The Morgan fingerprint density at radius 3 is 2.76 bits per heavy atom. The van der Waals surface area contributed by atoms with Gasteiger partial charge < -0.3 is 9.73 Å². The minimum Gasteiger partial charge on any atom is -0.423 e. The Kier molecular flexibility index (Phi) is 2.77. The number of halogens is 1. The van der Waals surface area contributed by atoms with E-state index in [4.69, 9.17) is 16.0 Å². The molecular formula is C16H10ClNO2S. The van der Waals surface area contributed by atoms with Crippen LogP contribution in [0, 0.1) is 6.92 Å². The van der Waals surface area contributed by atoms with Crippen LogP contribution in [0.1, 0.15) is 5.56 Å². The Morgan fingerprint density at radius 2 is 1.90 bits per heavy atom. The van der Waals surface area contributed by atoms with Gasteiger partial charge in [-0.1, -0.05) is 23.4 Å². The Morgan fingerprint density at radius 1 is 1.10 bits per heavy atom. The van der Waals surface area contributed by atoms with E-state index in [1.807, 2.05) is 31.2 Å². The first kappa shape index (κ1) is 12.8. The molecule has 4 rings (SSSR count). The van der Waals surface area contributed by atoms with Crippen LogP contribution >= 0.6 is 23.4 Å². The molecule has 0 radical (unpaired) electrons. The van der Waals surface area contributed by atoms with E-state index in [0.717, 1.165) is 32.1 Å². The lowest BCUT2D eigenvalue weighted by atomic mass is 10.1. The highest BCUT2D eigenvalue weighted by Gasteiger charge is 2.18. The number of fused-ring (bicyclic) bond motifs is 3. The molecule has 104 valence electrons. The van der Waals surface area contributed by atoms with Gasteiger partial charge in [0.15, 0.2) is 0 Å². The number of rotatable bonds is 0. The van der Waals surface area contributed by atoms with Crippen LogP contribution in [0.2, 0.25) is 5.02 Å². The van der Waals surface area contributed by atoms with Crippen LogP contribution in [-0.2, 0) is 0 Å². The Hall–Kier alpha value is -1.91. The predicted molar refractivity (Wildman–Crippen MR) is 86.1 cm³/mol. The fourth-order valence-electron chi connectivity index (χ4n) is 2.48. The van der Waals surface area contributed by atoms with E-state index in [0.29, 0.717) is 10.6 Å². The normalized spacial score (nSPS) is 12.7. The summed E-state index contributed by atoms with van der Waals surface area (Å²) in [6.07, 6.45) is 0. The number of aryl methyl sites for hydroxylation is 1. The number of anilines is 2. The Bertz CT molecular complexity index is 949. The third-order valence-corrected chi connectivity index (χ3v) is 4.85. The van der Waals surface area contributed by atoms with Crippen molar-refractivity contribution < 1.29 is 4.42 Å². The monoisotopic (exact) mass is 315 g/mol. The molecule has 0 aliphatic carbocycles. The second-order valence-electron chi connectivity index (χ2n) is 4.96. The molecule has 2 aromatic carbocycles. The second-order valence-corrected chi connectivity index (χ2v) is 6.48. The first-order valence-electron chi connectivity index (χ1n) is 6.43. The van der Waals surface area contributed by atoms with Gasteiger partial charge in [-0.2, -0.15) is 0 Å². The highest BCUT2D eigenvalue weighted by atomic mass is 35.5.